The minimum Gasteiger partial charge on any atom is -0.486 e. The number of allylic oxidation sites excluding steroid dienone is 5. The second-order valence-corrected chi connectivity index (χ2v) is 11.2. The van der Waals surface area contributed by atoms with E-state index in [9.17, 15) is 9.18 Å². The van der Waals surface area contributed by atoms with Crippen molar-refractivity contribution in [2.24, 2.45) is 0 Å². The van der Waals surface area contributed by atoms with Crippen LogP contribution in [0.2, 0.25) is 0 Å². The molecule has 2 aliphatic heterocycles. The highest BCUT2D eigenvalue weighted by atomic mass is 35.5. The van der Waals surface area contributed by atoms with E-state index in [0.717, 1.165) is 25.7 Å². The number of hydrogen-bond acceptors (Lipinski definition) is 8. The fraction of sp³-hybridized carbons (Fsp3) is 0.452. The molecule has 2 N–H and O–H groups in total. The lowest BCUT2D eigenvalue weighted by molar-refractivity contribution is -0.112. The molecule has 3 unspecified atom stereocenters. The number of methoxy groups -OCH3 is 1. The first-order valence-electron chi connectivity index (χ1n) is 14.4. The number of halogens is 2. The Labute approximate surface area is 250 Å². The molecule has 1 amide bonds. The van der Waals surface area contributed by atoms with Crippen LogP contribution in [0.4, 0.5) is 15.9 Å². The van der Waals surface area contributed by atoms with Crippen molar-refractivity contribution in [3.63, 3.8) is 0 Å². The molecule has 2 aromatic rings. The Balaban J connectivity index is 1.38. The number of amides is 1. The number of anilines is 2. The molecule has 1 aliphatic carbocycles. The van der Waals surface area contributed by atoms with Gasteiger partial charge in [0.05, 0.1) is 29.5 Å². The smallest absolute Gasteiger partial charge is 0.248 e. The summed E-state index contributed by atoms with van der Waals surface area (Å²) in [6.07, 6.45) is 13.6. The maximum absolute atomic E-state index is 13.9. The van der Waals surface area contributed by atoms with Crippen molar-refractivity contribution in [1.82, 2.24) is 14.9 Å². The molecule has 9 nitrogen and oxygen atoms in total. The van der Waals surface area contributed by atoms with E-state index in [0.29, 0.717) is 78.7 Å². The Morgan fingerprint density at radius 3 is 2.95 bits per heavy atom. The lowest BCUT2D eigenvalue weighted by atomic mass is 10.1. The molecule has 11 heteroatoms. The van der Waals surface area contributed by atoms with Gasteiger partial charge in [-0.3, -0.25) is 9.69 Å². The maximum Gasteiger partial charge on any atom is 0.248 e. The monoisotopic (exact) mass is 597 g/mol. The van der Waals surface area contributed by atoms with Crippen molar-refractivity contribution in [3.8, 4) is 5.75 Å². The van der Waals surface area contributed by atoms with E-state index in [4.69, 9.17) is 25.8 Å². The van der Waals surface area contributed by atoms with Gasteiger partial charge in [0.1, 0.15) is 29.8 Å². The number of benzene rings is 1. The molecule has 0 spiro atoms. The molecule has 5 rings (SSSR count). The number of hydrogen-bond donors (Lipinski definition) is 2. The van der Waals surface area contributed by atoms with Crippen molar-refractivity contribution in [3.05, 3.63) is 65.4 Å². The zero-order valence-electron chi connectivity index (χ0n) is 23.9. The topological polar surface area (TPSA) is 97.8 Å². The van der Waals surface area contributed by atoms with Crippen LogP contribution in [0.15, 0.2) is 65.4 Å². The highest BCUT2D eigenvalue weighted by molar-refractivity contribution is 6.31. The quantitative estimate of drug-likeness (QED) is 0.329. The van der Waals surface area contributed by atoms with Gasteiger partial charge in [0, 0.05) is 62.0 Å². The van der Waals surface area contributed by atoms with E-state index in [1.807, 2.05) is 6.08 Å². The first kappa shape index (κ1) is 30.2. The summed E-state index contributed by atoms with van der Waals surface area (Å²) >= 11 is 5.96. The van der Waals surface area contributed by atoms with E-state index in [2.05, 4.69) is 32.4 Å². The Hall–Kier alpha value is -3.31. The number of carbonyl (C=O) groups is 1. The van der Waals surface area contributed by atoms with Gasteiger partial charge < -0.3 is 24.8 Å². The van der Waals surface area contributed by atoms with Crippen LogP contribution in [0.1, 0.15) is 39.0 Å². The number of carbonyl (C=O) groups excluding carboxylic acids is 1. The van der Waals surface area contributed by atoms with Gasteiger partial charge in [0.2, 0.25) is 5.91 Å². The summed E-state index contributed by atoms with van der Waals surface area (Å²) < 4.78 is 31.2. The summed E-state index contributed by atoms with van der Waals surface area (Å²) in [6.45, 7) is 4.73. The van der Waals surface area contributed by atoms with Gasteiger partial charge >= 0.3 is 0 Å². The number of ether oxygens (including phenoxy) is 3. The molecule has 42 heavy (non-hydrogen) atoms. The summed E-state index contributed by atoms with van der Waals surface area (Å²) in [7, 11) is 1.72. The third-order valence-electron chi connectivity index (χ3n) is 7.74. The van der Waals surface area contributed by atoms with Crippen LogP contribution in [0.25, 0.3) is 10.9 Å². The van der Waals surface area contributed by atoms with Crippen LogP contribution < -0.4 is 15.4 Å². The minimum atomic E-state index is -0.499. The molecule has 3 aliphatic rings. The summed E-state index contributed by atoms with van der Waals surface area (Å²) in [5, 5.41) is 7.00. The molecular weight excluding hydrogens is 561 g/mol. The Kier molecular flexibility index (Phi) is 10.2. The molecule has 1 aromatic carbocycles. The van der Waals surface area contributed by atoms with E-state index < -0.39 is 5.83 Å². The van der Waals surface area contributed by atoms with Crippen molar-refractivity contribution in [1.29, 1.82) is 0 Å². The number of rotatable bonds is 10. The average molecular weight is 598 g/mol. The van der Waals surface area contributed by atoms with E-state index in [-0.39, 0.29) is 17.0 Å². The van der Waals surface area contributed by atoms with Gasteiger partial charge in [0.15, 0.2) is 0 Å². The zero-order valence-corrected chi connectivity index (χ0v) is 24.7. The average Bonchev–Trinajstić information content (AvgIpc) is 3.25. The number of likely N-dealkylation sites (tertiary alicyclic amines) is 1. The van der Waals surface area contributed by atoms with E-state index in [1.165, 1.54) is 12.4 Å². The van der Waals surface area contributed by atoms with Crippen LogP contribution in [-0.2, 0) is 14.3 Å². The standard InChI is InChI=1S/C31H37ClFN5O4/c1-20-7-10-22(17-40-2)38(20)13-3-6-30(39)37-28-15-24-27(16-29(28)42-23-5-4-14-41-18-23)34-19-35-31(24)36-21-8-11-25(32)26(33)12-9-21/h3,6,9,11-12,15-16,19-20,22-23H,4-5,7-8,10,13-14,17-18H2,1-2H3,(H,37,39)(H,34,35,36)/b6-3+. The fourth-order valence-corrected chi connectivity index (χ4v) is 5.65. The fourth-order valence-electron chi connectivity index (χ4n) is 5.51. The van der Waals surface area contributed by atoms with Gasteiger partial charge in [0.25, 0.3) is 0 Å². The highest BCUT2D eigenvalue weighted by Gasteiger charge is 2.29. The molecule has 0 radical (unpaired) electrons. The molecule has 224 valence electrons. The first-order valence-corrected chi connectivity index (χ1v) is 14.7. The van der Waals surface area contributed by atoms with Crippen molar-refractivity contribution < 1.29 is 23.4 Å². The predicted octanol–water partition coefficient (Wildman–Crippen LogP) is 5.86. The minimum absolute atomic E-state index is 0.0653. The van der Waals surface area contributed by atoms with Gasteiger partial charge in [-0.2, -0.15) is 0 Å². The number of nitrogens with one attached hydrogen (secondary N) is 2. The largest absolute Gasteiger partial charge is 0.486 e. The van der Waals surface area contributed by atoms with E-state index in [1.54, 1.807) is 37.5 Å². The van der Waals surface area contributed by atoms with Crippen LogP contribution in [0, 0.1) is 0 Å². The second kappa shape index (κ2) is 14.2. The molecule has 2 fully saturated rings. The van der Waals surface area contributed by atoms with Gasteiger partial charge in [-0.05, 0) is 50.8 Å². The first-order chi connectivity index (χ1) is 20.4. The van der Waals surface area contributed by atoms with Crippen LogP contribution in [0.5, 0.6) is 5.75 Å². The van der Waals surface area contributed by atoms with Crippen molar-refractivity contribution >= 4 is 39.9 Å². The van der Waals surface area contributed by atoms with Gasteiger partial charge in [-0.25, -0.2) is 14.4 Å². The Bertz CT molecular complexity index is 1400. The SMILES string of the molecule is COCC1CCC(C)N1C/C=C/C(=O)Nc1cc2c(NC3=CC=C(F)C(Cl)=CC3)ncnc2cc1OC1CCCOC1. The van der Waals surface area contributed by atoms with Crippen LogP contribution in [0.3, 0.4) is 0 Å². The molecule has 1 aromatic heterocycles. The third-order valence-corrected chi connectivity index (χ3v) is 8.08. The third kappa shape index (κ3) is 7.55. The molecular formula is C31H37ClFN5O4. The Morgan fingerprint density at radius 1 is 1.26 bits per heavy atom. The summed E-state index contributed by atoms with van der Waals surface area (Å²) in [5.41, 5.74) is 1.83. The van der Waals surface area contributed by atoms with Crippen molar-refractivity contribution in [2.45, 2.75) is 57.2 Å². The number of nitrogens with zero attached hydrogens (tertiary/aromatic N) is 3. The summed E-state index contributed by atoms with van der Waals surface area (Å²) in [6, 6.07) is 4.39. The molecule has 3 heterocycles. The normalized spacial score (nSPS) is 23.3. The van der Waals surface area contributed by atoms with E-state index >= 15 is 0 Å². The molecule has 0 bridgehead atoms. The van der Waals surface area contributed by atoms with Gasteiger partial charge in [-0.15, -0.1) is 0 Å². The van der Waals surface area contributed by atoms with Gasteiger partial charge in [-0.1, -0.05) is 23.8 Å². The molecule has 0 saturated carbocycles. The summed E-state index contributed by atoms with van der Waals surface area (Å²) in [5.74, 6) is 0.247. The predicted molar refractivity (Wildman–Crippen MR) is 162 cm³/mol. The molecule has 3 atom stereocenters. The Morgan fingerprint density at radius 2 is 2.14 bits per heavy atom. The summed E-state index contributed by atoms with van der Waals surface area (Å²) in [4.78, 5) is 24.4. The zero-order chi connectivity index (χ0) is 29.5. The molecule has 2 saturated heterocycles. The second-order valence-electron chi connectivity index (χ2n) is 10.8. The van der Waals surface area contributed by atoms with Crippen molar-refractivity contribution in [2.75, 3.05) is 44.1 Å². The maximum atomic E-state index is 13.9. The number of aromatic nitrogens is 2. The lowest BCUT2D eigenvalue weighted by Gasteiger charge is -2.26. The number of fused-ring (bicyclic) bond motifs is 1. The lowest BCUT2D eigenvalue weighted by Crippen LogP contribution is -2.37. The highest BCUT2D eigenvalue weighted by Crippen LogP contribution is 2.35. The van der Waals surface area contributed by atoms with Crippen LogP contribution >= 0.6 is 11.6 Å². The van der Waals surface area contributed by atoms with Crippen LogP contribution in [-0.4, -0.2) is 72.4 Å².